The maximum absolute atomic E-state index is 7.94. The van der Waals surface area contributed by atoms with Crippen LogP contribution in [0.1, 0.15) is 0 Å². The molecule has 0 atom stereocenters. The first-order valence-electron chi connectivity index (χ1n) is 4.22. The van der Waals surface area contributed by atoms with Crippen LogP contribution in [0.2, 0.25) is 0 Å². The Labute approximate surface area is 77.8 Å². The van der Waals surface area contributed by atoms with Crippen molar-refractivity contribution in [2.75, 3.05) is 46.6 Å². The van der Waals surface area contributed by atoms with Crippen LogP contribution in [0.4, 0.5) is 0 Å². The maximum Gasteiger partial charge on any atom is 0.0701 e. The summed E-state index contributed by atoms with van der Waals surface area (Å²) in [7, 11) is 1.87. The highest BCUT2D eigenvalue weighted by Crippen LogP contribution is 1.79. The van der Waals surface area contributed by atoms with E-state index >= 15 is 0 Å². The van der Waals surface area contributed by atoms with Crippen LogP contribution in [0, 0.1) is 0 Å². The number of hydrogen-bond acceptors (Lipinski definition) is 4. The first-order chi connectivity index (χ1) is 6.41. The summed E-state index contributed by atoms with van der Waals surface area (Å²) in [4.78, 5) is 2.60. The largest absolute Gasteiger partial charge is 0.379 e. The molecule has 13 heavy (non-hydrogen) atoms. The molecule has 0 aliphatic heterocycles. The number of nitrogens with one attached hydrogen (secondary N) is 1. The molecule has 0 fully saturated rings. The van der Waals surface area contributed by atoms with Gasteiger partial charge in [-0.1, -0.05) is 5.11 Å². The van der Waals surface area contributed by atoms with Gasteiger partial charge in [0, 0.05) is 18.0 Å². The minimum atomic E-state index is 0.382. The van der Waals surface area contributed by atoms with Gasteiger partial charge in [-0.05, 0) is 12.6 Å². The van der Waals surface area contributed by atoms with E-state index in [0.717, 1.165) is 6.54 Å². The zero-order valence-electron chi connectivity index (χ0n) is 7.90. The predicted molar refractivity (Wildman–Crippen MR) is 49.6 cm³/mol. The van der Waals surface area contributed by atoms with E-state index in [0.29, 0.717) is 33.0 Å². The van der Waals surface area contributed by atoms with Crippen molar-refractivity contribution in [3.05, 3.63) is 10.4 Å². The molecule has 0 aliphatic rings. The summed E-state index contributed by atoms with van der Waals surface area (Å²) in [6, 6.07) is 0. The lowest BCUT2D eigenvalue weighted by molar-refractivity contribution is 0.0523. The van der Waals surface area contributed by atoms with Crippen LogP contribution < -0.4 is 5.32 Å². The number of hydrogen-bond donors (Lipinski definition) is 1. The van der Waals surface area contributed by atoms with Crippen molar-refractivity contribution < 1.29 is 9.47 Å². The van der Waals surface area contributed by atoms with E-state index in [-0.39, 0.29) is 0 Å². The van der Waals surface area contributed by atoms with E-state index in [1.807, 2.05) is 7.05 Å². The second-order valence-corrected chi connectivity index (χ2v) is 2.28. The van der Waals surface area contributed by atoms with E-state index in [1.54, 1.807) is 0 Å². The van der Waals surface area contributed by atoms with E-state index in [9.17, 15) is 0 Å². The summed E-state index contributed by atoms with van der Waals surface area (Å²) >= 11 is 0. The molecule has 0 bridgehead atoms. The van der Waals surface area contributed by atoms with Gasteiger partial charge in [0.2, 0.25) is 0 Å². The third kappa shape index (κ3) is 11.2. The molecule has 6 nitrogen and oxygen atoms in total. The molecule has 1 N–H and O–H groups in total. The average molecular weight is 188 g/mol. The first-order valence-corrected chi connectivity index (χ1v) is 4.22. The van der Waals surface area contributed by atoms with Gasteiger partial charge in [0.1, 0.15) is 0 Å². The van der Waals surface area contributed by atoms with E-state index in [2.05, 4.69) is 15.3 Å². The van der Waals surface area contributed by atoms with Crippen LogP contribution in [0.25, 0.3) is 10.4 Å². The molecule has 6 heteroatoms. The number of rotatable bonds is 9. The van der Waals surface area contributed by atoms with Gasteiger partial charge in [-0.25, -0.2) is 0 Å². The molecule has 0 heterocycles. The Balaban J connectivity index is 2.87. The molecule has 0 spiro atoms. The molecule has 0 aliphatic carbocycles. The standard InChI is InChI=1S/C7H16N4O2/c1-9-2-4-12-6-7-13-5-3-10-11-8/h9H,2-7H2,1H3. The molecule has 76 valence electrons. The smallest absolute Gasteiger partial charge is 0.0701 e. The summed E-state index contributed by atoms with van der Waals surface area (Å²) in [6.07, 6.45) is 0. The minimum Gasteiger partial charge on any atom is -0.379 e. The SMILES string of the molecule is CNCCOCCOCCN=[N+]=[N-]. The quantitative estimate of drug-likeness (QED) is 0.248. The Hall–Kier alpha value is -0.810. The van der Waals surface area contributed by atoms with Gasteiger partial charge in [0.05, 0.1) is 26.4 Å². The van der Waals surface area contributed by atoms with Crippen molar-refractivity contribution >= 4 is 0 Å². The lowest BCUT2D eigenvalue weighted by Gasteiger charge is -2.03. The van der Waals surface area contributed by atoms with Crippen LogP contribution >= 0.6 is 0 Å². The Bertz CT molecular complexity index is 147. The highest BCUT2D eigenvalue weighted by molar-refractivity contribution is 4.44. The van der Waals surface area contributed by atoms with Crippen molar-refractivity contribution in [1.29, 1.82) is 0 Å². The molecule has 0 saturated heterocycles. The molecule has 0 radical (unpaired) electrons. The van der Waals surface area contributed by atoms with E-state index < -0.39 is 0 Å². The van der Waals surface area contributed by atoms with Crippen molar-refractivity contribution in [2.24, 2.45) is 5.11 Å². The topological polar surface area (TPSA) is 79.2 Å². The second-order valence-electron chi connectivity index (χ2n) is 2.28. The molecule has 0 aromatic rings. The highest BCUT2D eigenvalue weighted by atomic mass is 16.5. The normalized spacial score (nSPS) is 9.62. The molecule has 0 saturated carbocycles. The van der Waals surface area contributed by atoms with Gasteiger partial charge in [0.15, 0.2) is 0 Å². The lowest BCUT2D eigenvalue weighted by Crippen LogP contribution is -2.16. The van der Waals surface area contributed by atoms with Crippen LogP contribution in [-0.4, -0.2) is 46.6 Å². The zero-order chi connectivity index (χ0) is 9.78. The van der Waals surface area contributed by atoms with Gasteiger partial charge in [-0.15, -0.1) is 0 Å². The van der Waals surface area contributed by atoms with E-state index in [4.69, 9.17) is 15.0 Å². The van der Waals surface area contributed by atoms with Gasteiger partial charge in [0.25, 0.3) is 0 Å². The van der Waals surface area contributed by atoms with Crippen LogP contribution in [0.3, 0.4) is 0 Å². The maximum atomic E-state index is 7.94. The van der Waals surface area contributed by atoms with Crippen LogP contribution in [-0.2, 0) is 9.47 Å². The molecular weight excluding hydrogens is 172 g/mol. The lowest BCUT2D eigenvalue weighted by atomic mass is 10.6. The third-order valence-corrected chi connectivity index (χ3v) is 1.27. The second kappa shape index (κ2) is 11.2. The Morgan fingerprint density at radius 3 is 2.54 bits per heavy atom. The molecule has 0 amide bonds. The number of azide groups is 1. The first kappa shape index (κ1) is 12.2. The predicted octanol–water partition coefficient (Wildman–Crippen LogP) is 0.549. The molecule has 0 aromatic carbocycles. The van der Waals surface area contributed by atoms with Gasteiger partial charge in [-0.2, -0.15) is 0 Å². The van der Waals surface area contributed by atoms with Crippen LogP contribution in [0.5, 0.6) is 0 Å². The number of likely N-dealkylation sites (N-methyl/N-ethyl adjacent to an activating group) is 1. The Morgan fingerprint density at radius 2 is 1.92 bits per heavy atom. The number of nitrogens with zero attached hydrogens (tertiary/aromatic N) is 3. The van der Waals surface area contributed by atoms with E-state index in [1.165, 1.54) is 0 Å². The Kier molecular flexibility index (Phi) is 10.5. The fraction of sp³-hybridized carbons (Fsp3) is 1.00. The van der Waals surface area contributed by atoms with Crippen molar-refractivity contribution in [3.8, 4) is 0 Å². The molecular formula is C7H16N4O2. The fourth-order valence-corrected chi connectivity index (χ4v) is 0.646. The summed E-state index contributed by atoms with van der Waals surface area (Å²) in [5.74, 6) is 0. The van der Waals surface area contributed by atoms with Crippen LogP contribution in [0.15, 0.2) is 5.11 Å². The highest BCUT2D eigenvalue weighted by Gasteiger charge is 1.88. The minimum absolute atomic E-state index is 0.382. The van der Waals surface area contributed by atoms with Gasteiger partial charge >= 0.3 is 0 Å². The summed E-state index contributed by atoms with van der Waals surface area (Å²) in [6.45, 7) is 3.50. The molecule has 0 unspecified atom stereocenters. The van der Waals surface area contributed by atoms with Crippen molar-refractivity contribution in [3.63, 3.8) is 0 Å². The monoisotopic (exact) mass is 188 g/mol. The molecule has 0 rings (SSSR count). The van der Waals surface area contributed by atoms with Gasteiger partial charge < -0.3 is 14.8 Å². The Morgan fingerprint density at radius 1 is 1.23 bits per heavy atom. The zero-order valence-corrected chi connectivity index (χ0v) is 7.90. The van der Waals surface area contributed by atoms with Gasteiger partial charge in [-0.3, -0.25) is 0 Å². The fourth-order valence-electron chi connectivity index (χ4n) is 0.646. The van der Waals surface area contributed by atoms with Crippen molar-refractivity contribution in [1.82, 2.24) is 5.32 Å². The van der Waals surface area contributed by atoms with Crippen molar-refractivity contribution in [2.45, 2.75) is 0 Å². The summed E-state index contributed by atoms with van der Waals surface area (Å²) in [5, 5.41) is 6.29. The summed E-state index contributed by atoms with van der Waals surface area (Å²) < 4.78 is 10.3. The average Bonchev–Trinajstić information content (AvgIpc) is 2.16. The molecule has 0 aromatic heterocycles. The number of ether oxygens (including phenoxy) is 2. The third-order valence-electron chi connectivity index (χ3n) is 1.27. The summed E-state index contributed by atoms with van der Waals surface area (Å²) in [5.41, 5.74) is 7.94.